The zero-order chi connectivity index (χ0) is 14.7. The van der Waals surface area contributed by atoms with Crippen LogP contribution < -0.4 is 15.4 Å². The van der Waals surface area contributed by atoms with Gasteiger partial charge in [0.05, 0.1) is 17.8 Å². The fraction of sp³-hybridized carbons (Fsp3) is 0.385. The number of rotatable bonds is 4. The molecule has 0 aliphatic heterocycles. The summed E-state index contributed by atoms with van der Waals surface area (Å²) in [5, 5.41) is 14.6. The van der Waals surface area contributed by atoms with Crippen LogP contribution in [0.25, 0.3) is 0 Å². The quantitative estimate of drug-likeness (QED) is 0.797. The molecule has 108 valence electrons. The molecule has 0 unspecified atom stereocenters. The molecule has 0 radical (unpaired) electrons. The third kappa shape index (κ3) is 3.14. The second-order valence-electron chi connectivity index (χ2n) is 4.56. The third-order valence-corrected chi connectivity index (χ3v) is 3.52. The summed E-state index contributed by atoms with van der Waals surface area (Å²) in [7, 11) is 1.36. The molecule has 0 atom stereocenters. The molecular weight excluding hydrogens is 284 g/mol. The molecule has 0 heterocycles. The third-order valence-electron chi connectivity index (χ3n) is 3.21. The number of amides is 2. The van der Waals surface area contributed by atoms with Crippen LogP contribution in [0.15, 0.2) is 12.1 Å². The summed E-state index contributed by atoms with van der Waals surface area (Å²) in [5.41, 5.74) is 0.257. The highest BCUT2D eigenvalue weighted by atomic mass is 35.5. The van der Waals surface area contributed by atoms with Gasteiger partial charge in [0, 0.05) is 12.1 Å². The summed E-state index contributed by atoms with van der Waals surface area (Å²) >= 11 is 5.97. The number of carbonyl (C=O) groups is 2. The lowest BCUT2D eigenvalue weighted by Crippen LogP contribution is -2.41. The highest BCUT2D eigenvalue weighted by molar-refractivity contribution is 6.34. The van der Waals surface area contributed by atoms with Crippen molar-refractivity contribution in [1.82, 2.24) is 5.32 Å². The van der Waals surface area contributed by atoms with E-state index in [4.69, 9.17) is 21.4 Å². The van der Waals surface area contributed by atoms with Crippen molar-refractivity contribution >= 4 is 29.3 Å². The van der Waals surface area contributed by atoms with Crippen molar-refractivity contribution < 1.29 is 19.4 Å². The largest absolute Gasteiger partial charge is 0.496 e. The zero-order valence-corrected chi connectivity index (χ0v) is 11.7. The number of benzene rings is 1. The first-order valence-electron chi connectivity index (χ1n) is 6.19. The van der Waals surface area contributed by atoms with Crippen LogP contribution in [0.2, 0.25) is 5.02 Å². The molecular formula is C13H15ClN2O4. The van der Waals surface area contributed by atoms with Crippen LogP contribution in [0.4, 0.5) is 10.5 Å². The summed E-state index contributed by atoms with van der Waals surface area (Å²) in [6.07, 6.45) is 3.07. The molecule has 6 nitrogen and oxygen atoms in total. The van der Waals surface area contributed by atoms with Crippen molar-refractivity contribution in [1.29, 1.82) is 0 Å². The van der Waals surface area contributed by atoms with E-state index in [0.717, 1.165) is 19.3 Å². The van der Waals surface area contributed by atoms with Crippen molar-refractivity contribution in [3.05, 3.63) is 22.7 Å². The van der Waals surface area contributed by atoms with Gasteiger partial charge in [0.2, 0.25) is 0 Å². The fourth-order valence-corrected chi connectivity index (χ4v) is 2.09. The van der Waals surface area contributed by atoms with Gasteiger partial charge in [-0.1, -0.05) is 11.6 Å². The maximum absolute atomic E-state index is 11.7. The number of hydrogen-bond donors (Lipinski definition) is 3. The van der Waals surface area contributed by atoms with Gasteiger partial charge < -0.3 is 20.5 Å². The lowest BCUT2D eigenvalue weighted by Gasteiger charge is -2.26. The average Bonchev–Trinajstić information content (AvgIpc) is 2.35. The topological polar surface area (TPSA) is 87.7 Å². The first kappa shape index (κ1) is 14.5. The monoisotopic (exact) mass is 298 g/mol. The number of anilines is 1. The van der Waals surface area contributed by atoms with Crippen LogP contribution in [0.1, 0.15) is 29.6 Å². The van der Waals surface area contributed by atoms with E-state index in [-0.39, 0.29) is 28.4 Å². The van der Waals surface area contributed by atoms with Gasteiger partial charge in [-0.2, -0.15) is 0 Å². The number of methoxy groups -OCH3 is 1. The molecule has 3 N–H and O–H groups in total. The van der Waals surface area contributed by atoms with Gasteiger partial charge in [0.1, 0.15) is 11.3 Å². The molecule has 20 heavy (non-hydrogen) atoms. The Balaban J connectivity index is 2.14. The Labute approximate surface area is 121 Å². The number of halogens is 1. The number of nitrogens with one attached hydrogen (secondary N) is 2. The highest BCUT2D eigenvalue weighted by Gasteiger charge is 2.20. The number of urea groups is 1. The summed E-state index contributed by atoms with van der Waals surface area (Å²) in [5.74, 6) is -1.00. The number of ether oxygens (including phenoxy) is 1. The minimum atomic E-state index is -1.14. The maximum atomic E-state index is 11.7. The summed E-state index contributed by atoms with van der Waals surface area (Å²) in [6.45, 7) is 0. The van der Waals surface area contributed by atoms with Gasteiger partial charge in [0.15, 0.2) is 0 Å². The van der Waals surface area contributed by atoms with Crippen molar-refractivity contribution in [3.63, 3.8) is 0 Å². The summed E-state index contributed by atoms with van der Waals surface area (Å²) in [4.78, 5) is 22.8. The number of carbonyl (C=O) groups excluding carboxylic acids is 1. The molecule has 2 amide bonds. The summed E-state index contributed by atoms with van der Waals surface area (Å²) in [6, 6.07) is 2.49. The van der Waals surface area contributed by atoms with Gasteiger partial charge >= 0.3 is 12.0 Å². The Hall–Kier alpha value is -1.95. The predicted octanol–water partition coefficient (Wildman–Crippen LogP) is 2.72. The van der Waals surface area contributed by atoms with Crippen molar-refractivity contribution in [2.24, 2.45) is 0 Å². The standard InChI is InChI=1S/C13H15ClN2O4/c1-20-11-6-10(9(14)5-8(11)12(17)18)16-13(19)15-7-3-2-4-7/h5-7H,2-4H2,1H3,(H,17,18)(H2,15,16,19). The molecule has 1 aromatic carbocycles. The lowest BCUT2D eigenvalue weighted by atomic mass is 9.93. The smallest absolute Gasteiger partial charge is 0.339 e. The minimum absolute atomic E-state index is 0.0533. The second kappa shape index (κ2) is 6.00. The molecule has 1 aliphatic carbocycles. The van der Waals surface area contributed by atoms with Crippen LogP contribution in [-0.4, -0.2) is 30.3 Å². The summed E-state index contributed by atoms with van der Waals surface area (Å²) < 4.78 is 4.99. The van der Waals surface area contributed by atoms with Crippen molar-refractivity contribution in [2.75, 3.05) is 12.4 Å². The van der Waals surface area contributed by atoms with Crippen LogP contribution in [0, 0.1) is 0 Å². The number of carboxylic acids is 1. The van der Waals surface area contributed by atoms with Gasteiger partial charge in [-0.05, 0) is 25.3 Å². The SMILES string of the molecule is COc1cc(NC(=O)NC2CCC2)c(Cl)cc1C(=O)O. The lowest BCUT2D eigenvalue weighted by molar-refractivity contribution is 0.0693. The average molecular weight is 299 g/mol. The normalized spacial score (nSPS) is 14.3. The number of hydrogen-bond acceptors (Lipinski definition) is 3. The zero-order valence-electron chi connectivity index (χ0n) is 10.9. The molecule has 2 rings (SSSR count). The molecule has 0 saturated heterocycles. The van der Waals surface area contributed by atoms with E-state index < -0.39 is 5.97 Å². The van der Waals surface area contributed by atoms with E-state index in [1.165, 1.54) is 19.2 Å². The van der Waals surface area contributed by atoms with Gasteiger partial charge in [-0.25, -0.2) is 9.59 Å². The molecule has 1 saturated carbocycles. The molecule has 0 aromatic heterocycles. The number of carboxylic acid groups (broad SMARTS) is 1. The van der Waals surface area contributed by atoms with Gasteiger partial charge in [0.25, 0.3) is 0 Å². The molecule has 7 heteroatoms. The molecule has 1 fully saturated rings. The highest BCUT2D eigenvalue weighted by Crippen LogP contribution is 2.31. The van der Waals surface area contributed by atoms with E-state index in [2.05, 4.69) is 10.6 Å². The van der Waals surface area contributed by atoms with Gasteiger partial charge in [-0.3, -0.25) is 0 Å². The fourth-order valence-electron chi connectivity index (χ4n) is 1.88. The Kier molecular flexibility index (Phi) is 4.34. The molecule has 1 aliphatic rings. The first-order valence-corrected chi connectivity index (χ1v) is 6.57. The second-order valence-corrected chi connectivity index (χ2v) is 4.97. The van der Waals surface area contributed by atoms with Crippen LogP contribution in [0.3, 0.4) is 0 Å². The Bertz CT molecular complexity index is 543. The van der Waals surface area contributed by atoms with Crippen LogP contribution in [0.5, 0.6) is 5.75 Å². The molecule has 1 aromatic rings. The maximum Gasteiger partial charge on any atom is 0.339 e. The van der Waals surface area contributed by atoms with E-state index in [0.29, 0.717) is 5.69 Å². The van der Waals surface area contributed by atoms with E-state index in [1.807, 2.05) is 0 Å². The van der Waals surface area contributed by atoms with Crippen LogP contribution in [-0.2, 0) is 0 Å². The molecule has 0 bridgehead atoms. The Morgan fingerprint density at radius 1 is 1.40 bits per heavy atom. The van der Waals surface area contributed by atoms with Crippen LogP contribution >= 0.6 is 11.6 Å². The Morgan fingerprint density at radius 2 is 2.10 bits per heavy atom. The van der Waals surface area contributed by atoms with Crippen molar-refractivity contribution in [3.8, 4) is 5.75 Å². The predicted molar refractivity (Wildman–Crippen MR) is 74.8 cm³/mol. The van der Waals surface area contributed by atoms with Crippen molar-refractivity contribution in [2.45, 2.75) is 25.3 Å². The van der Waals surface area contributed by atoms with E-state index >= 15 is 0 Å². The van der Waals surface area contributed by atoms with E-state index in [9.17, 15) is 9.59 Å². The first-order chi connectivity index (χ1) is 9.51. The van der Waals surface area contributed by atoms with E-state index in [1.54, 1.807) is 0 Å². The number of aromatic carboxylic acids is 1. The Morgan fingerprint density at radius 3 is 2.60 bits per heavy atom. The molecule has 0 spiro atoms. The van der Waals surface area contributed by atoms with Gasteiger partial charge in [-0.15, -0.1) is 0 Å². The minimum Gasteiger partial charge on any atom is -0.496 e.